The molecule has 0 fully saturated rings. The molecule has 0 aliphatic rings. The van der Waals surface area contributed by atoms with Gasteiger partial charge in [0.05, 0.1) is 0 Å². The first kappa shape index (κ1) is 13.1. The highest BCUT2D eigenvalue weighted by Crippen LogP contribution is 2.33. The van der Waals surface area contributed by atoms with Crippen molar-refractivity contribution in [1.82, 2.24) is 0 Å². The molecule has 0 spiro atoms. The molecule has 0 saturated heterocycles. The van der Waals surface area contributed by atoms with Gasteiger partial charge in [-0.25, -0.2) is 0 Å². The molecule has 0 nitrogen and oxygen atoms in total. The van der Waals surface area contributed by atoms with Gasteiger partial charge in [-0.05, 0) is 46.0 Å². The molecule has 2 aromatic carbocycles. The van der Waals surface area contributed by atoms with Crippen LogP contribution in [0.5, 0.6) is 0 Å². The number of rotatable bonds is 3. The fourth-order valence-corrected chi connectivity index (χ4v) is 2.77. The quantitative estimate of drug-likeness (QED) is 0.641. The van der Waals surface area contributed by atoms with Crippen LogP contribution in [-0.2, 0) is 0 Å². The van der Waals surface area contributed by atoms with Gasteiger partial charge in [0, 0.05) is 4.48 Å². The third-order valence-electron chi connectivity index (χ3n) is 3.05. The molecule has 1 heteroatoms. The van der Waals surface area contributed by atoms with E-state index in [2.05, 4.69) is 84.4 Å². The van der Waals surface area contributed by atoms with Crippen LogP contribution >= 0.6 is 15.9 Å². The minimum absolute atomic E-state index is 1.01. The first-order chi connectivity index (χ1) is 8.72. The van der Waals surface area contributed by atoms with Gasteiger partial charge < -0.3 is 0 Å². The van der Waals surface area contributed by atoms with Crippen molar-refractivity contribution < 1.29 is 0 Å². The summed E-state index contributed by atoms with van der Waals surface area (Å²) >= 11 is 3.75. The average Bonchev–Trinajstić information content (AvgIpc) is 2.41. The molecular formula is C17H17Br. The Kier molecular flexibility index (Phi) is 4.38. The Morgan fingerprint density at radius 3 is 2.06 bits per heavy atom. The van der Waals surface area contributed by atoms with Gasteiger partial charge in [-0.1, -0.05) is 67.1 Å². The van der Waals surface area contributed by atoms with Crippen molar-refractivity contribution in [3.8, 4) is 0 Å². The first-order valence-electron chi connectivity index (χ1n) is 6.23. The van der Waals surface area contributed by atoms with Gasteiger partial charge in [0.1, 0.15) is 0 Å². The average molecular weight is 301 g/mol. The first-order valence-corrected chi connectivity index (χ1v) is 7.02. The van der Waals surface area contributed by atoms with Crippen molar-refractivity contribution in [2.45, 2.75) is 20.3 Å². The summed E-state index contributed by atoms with van der Waals surface area (Å²) in [6, 6.07) is 19.2. The Morgan fingerprint density at radius 2 is 1.50 bits per heavy atom. The number of halogens is 1. The number of aryl methyl sites for hydroxylation is 1. The zero-order valence-corrected chi connectivity index (χ0v) is 12.4. The predicted molar refractivity (Wildman–Crippen MR) is 83.7 cm³/mol. The third kappa shape index (κ3) is 2.91. The maximum absolute atomic E-state index is 3.75. The third-order valence-corrected chi connectivity index (χ3v) is 3.98. The van der Waals surface area contributed by atoms with E-state index in [1.165, 1.54) is 26.7 Å². The summed E-state index contributed by atoms with van der Waals surface area (Å²) in [6.07, 6.45) is 1.01. The van der Waals surface area contributed by atoms with Crippen LogP contribution < -0.4 is 0 Å². The van der Waals surface area contributed by atoms with E-state index in [1.807, 2.05) is 0 Å². The van der Waals surface area contributed by atoms with Gasteiger partial charge in [-0.15, -0.1) is 0 Å². The molecule has 0 aliphatic heterocycles. The molecule has 92 valence electrons. The maximum atomic E-state index is 3.75. The van der Waals surface area contributed by atoms with Crippen LogP contribution in [0.2, 0.25) is 0 Å². The van der Waals surface area contributed by atoms with Crippen LogP contribution in [0.3, 0.4) is 0 Å². The number of allylic oxidation sites excluding steroid dienone is 1. The Hall–Kier alpha value is -1.34. The molecule has 0 bridgehead atoms. The molecule has 0 N–H and O–H groups in total. The fourth-order valence-electron chi connectivity index (χ4n) is 2.00. The highest BCUT2D eigenvalue weighted by Gasteiger charge is 2.07. The standard InChI is InChI=1S/C17H17Br/c1-3-16(14-7-5-4-6-8-14)17(18)15-11-9-13(2)10-12-15/h4-12H,3H2,1-2H3/b17-16+. The van der Waals surface area contributed by atoms with E-state index in [1.54, 1.807) is 0 Å². The lowest BCUT2D eigenvalue weighted by molar-refractivity contribution is 1.24. The summed E-state index contributed by atoms with van der Waals surface area (Å²) in [5.74, 6) is 0. The summed E-state index contributed by atoms with van der Waals surface area (Å²) < 4.78 is 1.19. The summed E-state index contributed by atoms with van der Waals surface area (Å²) in [6.45, 7) is 4.30. The van der Waals surface area contributed by atoms with Crippen molar-refractivity contribution in [1.29, 1.82) is 0 Å². The van der Waals surface area contributed by atoms with Crippen molar-refractivity contribution in [3.05, 3.63) is 71.3 Å². The van der Waals surface area contributed by atoms with E-state index in [0.29, 0.717) is 0 Å². The van der Waals surface area contributed by atoms with Crippen LogP contribution in [0.4, 0.5) is 0 Å². The molecule has 0 heterocycles. The summed E-state index contributed by atoms with van der Waals surface area (Å²) in [7, 11) is 0. The van der Waals surface area contributed by atoms with Gasteiger partial charge in [0.2, 0.25) is 0 Å². The van der Waals surface area contributed by atoms with Gasteiger partial charge in [-0.3, -0.25) is 0 Å². The molecule has 0 unspecified atom stereocenters. The number of hydrogen-bond donors (Lipinski definition) is 0. The van der Waals surface area contributed by atoms with Crippen LogP contribution in [0.15, 0.2) is 54.6 Å². The minimum Gasteiger partial charge on any atom is -0.0622 e. The van der Waals surface area contributed by atoms with Gasteiger partial charge in [-0.2, -0.15) is 0 Å². The lowest BCUT2D eigenvalue weighted by Gasteiger charge is -2.10. The van der Waals surface area contributed by atoms with E-state index in [4.69, 9.17) is 0 Å². The zero-order valence-electron chi connectivity index (χ0n) is 10.8. The molecule has 0 amide bonds. The molecule has 0 aromatic heterocycles. The normalized spacial score (nSPS) is 12.2. The SMILES string of the molecule is CC/C(=C(\Br)c1ccc(C)cc1)c1ccccc1. The van der Waals surface area contributed by atoms with E-state index in [9.17, 15) is 0 Å². The lowest BCUT2D eigenvalue weighted by atomic mass is 10.0. The number of benzene rings is 2. The van der Waals surface area contributed by atoms with Crippen LogP contribution in [0.1, 0.15) is 30.0 Å². The van der Waals surface area contributed by atoms with Crippen molar-refractivity contribution >= 4 is 26.0 Å². The van der Waals surface area contributed by atoms with Crippen LogP contribution in [-0.4, -0.2) is 0 Å². The Balaban J connectivity index is 2.47. The molecule has 0 saturated carbocycles. The topological polar surface area (TPSA) is 0 Å². The second kappa shape index (κ2) is 6.01. The zero-order chi connectivity index (χ0) is 13.0. The number of hydrogen-bond acceptors (Lipinski definition) is 0. The van der Waals surface area contributed by atoms with Gasteiger partial charge in [0.25, 0.3) is 0 Å². The molecule has 18 heavy (non-hydrogen) atoms. The Labute approximate surface area is 117 Å². The van der Waals surface area contributed by atoms with E-state index in [0.717, 1.165) is 6.42 Å². The lowest BCUT2D eigenvalue weighted by Crippen LogP contribution is -1.87. The summed E-state index contributed by atoms with van der Waals surface area (Å²) in [5.41, 5.74) is 5.16. The van der Waals surface area contributed by atoms with E-state index in [-0.39, 0.29) is 0 Å². The van der Waals surface area contributed by atoms with Crippen molar-refractivity contribution in [2.75, 3.05) is 0 Å². The summed E-state index contributed by atoms with van der Waals surface area (Å²) in [4.78, 5) is 0. The second-order valence-corrected chi connectivity index (χ2v) is 5.17. The predicted octanol–water partition coefficient (Wildman–Crippen LogP) is 5.67. The van der Waals surface area contributed by atoms with Crippen LogP contribution in [0, 0.1) is 6.92 Å². The molecule has 2 aromatic rings. The van der Waals surface area contributed by atoms with Crippen molar-refractivity contribution in [3.63, 3.8) is 0 Å². The largest absolute Gasteiger partial charge is 0.0622 e. The highest BCUT2D eigenvalue weighted by molar-refractivity contribution is 9.15. The van der Waals surface area contributed by atoms with Gasteiger partial charge in [0.15, 0.2) is 0 Å². The molecule has 0 atom stereocenters. The monoisotopic (exact) mass is 300 g/mol. The molecule has 0 aliphatic carbocycles. The van der Waals surface area contributed by atoms with E-state index >= 15 is 0 Å². The van der Waals surface area contributed by atoms with E-state index < -0.39 is 0 Å². The molecular weight excluding hydrogens is 284 g/mol. The second-order valence-electron chi connectivity index (χ2n) is 4.38. The smallest absolute Gasteiger partial charge is 0.0285 e. The van der Waals surface area contributed by atoms with Crippen molar-refractivity contribution in [2.24, 2.45) is 0 Å². The highest BCUT2D eigenvalue weighted by atomic mass is 79.9. The Bertz CT molecular complexity index is 536. The minimum atomic E-state index is 1.01. The molecule has 2 rings (SSSR count). The van der Waals surface area contributed by atoms with Crippen LogP contribution in [0.25, 0.3) is 10.1 Å². The van der Waals surface area contributed by atoms with Gasteiger partial charge >= 0.3 is 0 Å². The fraction of sp³-hybridized carbons (Fsp3) is 0.176. The molecule has 0 radical (unpaired) electrons. The summed E-state index contributed by atoms with van der Waals surface area (Å²) in [5, 5.41) is 0. The maximum Gasteiger partial charge on any atom is 0.0285 e. The Morgan fingerprint density at radius 1 is 0.889 bits per heavy atom.